The molecule has 2 aromatic rings. The lowest BCUT2D eigenvalue weighted by molar-refractivity contribution is -0.0184. The Morgan fingerprint density at radius 3 is 2.50 bits per heavy atom. The lowest BCUT2D eigenvalue weighted by Crippen LogP contribution is -2.21. The van der Waals surface area contributed by atoms with Crippen LogP contribution in [0.15, 0.2) is 34.7 Å². The first-order valence-corrected chi connectivity index (χ1v) is 8.40. The predicted molar refractivity (Wildman–Crippen MR) is 88.2 cm³/mol. The molecule has 2 nitrogen and oxygen atoms in total. The van der Waals surface area contributed by atoms with E-state index in [-0.39, 0.29) is 5.60 Å². The summed E-state index contributed by atoms with van der Waals surface area (Å²) in [5, 5.41) is 0. The van der Waals surface area contributed by atoms with Crippen LogP contribution in [0.2, 0.25) is 0 Å². The summed E-state index contributed by atoms with van der Waals surface area (Å²) >= 11 is 0. The van der Waals surface area contributed by atoms with Crippen LogP contribution in [0.4, 0.5) is 0 Å². The highest BCUT2D eigenvalue weighted by atomic mass is 16.5. The average molecular weight is 296 g/mol. The van der Waals surface area contributed by atoms with Gasteiger partial charge in [0.25, 0.3) is 0 Å². The number of rotatable bonds is 3. The van der Waals surface area contributed by atoms with Crippen LogP contribution >= 0.6 is 0 Å². The molecule has 1 heterocycles. The molecule has 1 fully saturated rings. The van der Waals surface area contributed by atoms with Crippen molar-refractivity contribution in [3.8, 4) is 11.3 Å². The molecule has 2 aliphatic rings. The van der Waals surface area contributed by atoms with Crippen molar-refractivity contribution in [1.29, 1.82) is 0 Å². The summed E-state index contributed by atoms with van der Waals surface area (Å²) in [6.07, 6.45) is 5.01. The van der Waals surface area contributed by atoms with Crippen LogP contribution in [0.25, 0.3) is 11.3 Å². The minimum Gasteiger partial charge on any atom is -0.460 e. The molecule has 0 saturated heterocycles. The zero-order valence-electron chi connectivity index (χ0n) is 13.7. The van der Waals surface area contributed by atoms with Gasteiger partial charge in [0.15, 0.2) is 0 Å². The van der Waals surface area contributed by atoms with E-state index >= 15 is 0 Å². The van der Waals surface area contributed by atoms with Gasteiger partial charge in [-0.3, -0.25) is 0 Å². The summed E-state index contributed by atoms with van der Waals surface area (Å²) in [5.74, 6) is 2.77. The second-order valence-electron chi connectivity index (χ2n) is 7.58. The summed E-state index contributed by atoms with van der Waals surface area (Å²) in [5.41, 5.74) is 4.06. The SMILES string of the molecule is CC(C)(C)O[C@@H]1C[C@@H]1c1oc(-c2ccccc2)c2c1CCC2. The molecule has 0 spiro atoms. The molecule has 116 valence electrons. The van der Waals surface area contributed by atoms with E-state index < -0.39 is 0 Å². The first kappa shape index (κ1) is 14.1. The molecule has 4 rings (SSSR count). The molecule has 22 heavy (non-hydrogen) atoms. The minimum atomic E-state index is -0.0720. The molecule has 0 aliphatic heterocycles. The highest BCUT2D eigenvalue weighted by Gasteiger charge is 2.46. The monoisotopic (exact) mass is 296 g/mol. The van der Waals surface area contributed by atoms with Crippen molar-refractivity contribution in [3.05, 3.63) is 47.2 Å². The first-order chi connectivity index (χ1) is 10.5. The van der Waals surface area contributed by atoms with Gasteiger partial charge in [0.05, 0.1) is 11.7 Å². The van der Waals surface area contributed by atoms with E-state index in [1.54, 1.807) is 0 Å². The quantitative estimate of drug-likeness (QED) is 0.785. The lowest BCUT2D eigenvalue weighted by Gasteiger charge is -2.19. The Bertz CT molecular complexity index is 676. The molecule has 0 N–H and O–H groups in total. The van der Waals surface area contributed by atoms with E-state index in [0.717, 1.165) is 18.6 Å². The van der Waals surface area contributed by atoms with Gasteiger partial charge in [-0.25, -0.2) is 0 Å². The smallest absolute Gasteiger partial charge is 0.137 e. The Morgan fingerprint density at radius 2 is 1.77 bits per heavy atom. The maximum atomic E-state index is 6.36. The lowest BCUT2D eigenvalue weighted by atomic mass is 10.1. The van der Waals surface area contributed by atoms with Crippen molar-refractivity contribution < 1.29 is 9.15 Å². The van der Waals surface area contributed by atoms with Gasteiger partial charge in [0.1, 0.15) is 11.5 Å². The normalized spacial score (nSPS) is 23.6. The molecule has 0 amide bonds. The number of hydrogen-bond acceptors (Lipinski definition) is 2. The van der Waals surface area contributed by atoms with Crippen molar-refractivity contribution in [2.45, 2.75) is 64.1 Å². The van der Waals surface area contributed by atoms with Gasteiger partial charge in [0, 0.05) is 17.0 Å². The summed E-state index contributed by atoms with van der Waals surface area (Å²) in [4.78, 5) is 0. The van der Waals surface area contributed by atoms with Crippen LogP contribution in [-0.2, 0) is 17.6 Å². The van der Waals surface area contributed by atoms with E-state index in [1.165, 1.54) is 35.3 Å². The van der Waals surface area contributed by atoms with Gasteiger partial charge in [-0.15, -0.1) is 0 Å². The first-order valence-electron chi connectivity index (χ1n) is 8.40. The third kappa shape index (κ3) is 2.50. The standard InChI is InChI=1S/C20H24O2/c1-20(2,3)22-17-12-16(17)19-15-11-7-10-14(15)18(21-19)13-8-5-4-6-9-13/h4-6,8-9,16-17H,7,10-12H2,1-3H3/t16-,17+/m0/s1. The van der Waals surface area contributed by atoms with E-state index in [0.29, 0.717) is 12.0 Å². The zero-order valence-corrected chi connectivity index (χ0v) is 13.7. The molecule has 1 aromatic carbocycles. The van der Waals surface area contributed by atoms with Crippen LogP contribution in [0.5, 0.6) is 0 Å². The Morgan fingerprint density at radius 1 is 1.05 bits per heavy atom. The fraction of sp³-hybridized carbons (Fsp3) is 0.500. The van der Waals surface area contributed by atoms with E-state index in [1.807, 2.05) is 0 Å². The van der Waals surface area contributed by atoms with E-state index in [2.05, 4.69) is 51.1 Å². The second kappa shape index (κ2) is 4.99. The second-order valence-corrected chi connectivity index (χ2v) is 7.58. The third-order valence-corrected chi connectivity index (χ3v) is 4.61. The number of furan rings is 1. The van der Waals surface area contributed by atoms with Crippen LogP contribution in [0, 0.1) is 0 Å². The molecule has 1 aromatic heterocycles. The molecule has 1 saturated carbocycles. The Labute approximate surface area is 132 Å². The van der Waals surface area contributed by atoms with Gasteiger partial charge >= 0.3 is 0 Å². The topological polar surface area (TPSA) is 22.4 Å². The Hall–Kier alpha value is -1.54. The molecule has 2 heteroatoms. The van der Waals surface area contributed by atoms with Crippen LogP contribution in [0.3, 0.4) is 0 Å². The van der Waals surface area contributed by atoms with Gasteiger partial charge in [0.2, 0.25) is 0 Å². The van der Waals surface area contributed by atoms with Crippen molar-refractivity contribution in [2.24, 2.45) is 0 Å². The minimum absolute atomic E-state index is 0.0720. The van der Waals surface area contributed by atoms with Gasteiger partial charge in [-0.05, 0) is 52.0 Å². The molecular weight excluding hydrogens is 272 g/mol. The average Bonchev–Trinajstić information content (AvgIpc) is 2.91. The summed E-state index contributed by atoms with van der Waals surface area (Å²) in [7, 11) is 0. The highest BCUT2D eigenvalue weighted by Crippen LogP contribution is 2.51. The largest absolute Gasteiger partial charge is 0.460 e. The highest BCUT2D eigenvalue weighted by molar-refractivity contribution is 5.65. The van der Waals surface area contributed by atoms with Crippen LogP contribution < -0.4 is 0 Å². The number of fused-ring (bicyclic) bond motifs is 1. The molecule has 0 bridgehead atoms. The number of ether oxygens (including phenoxy) is 1. The zero-order chi connectivity index (χ0) is 15.3. The third-order valence-electron chi connectivity index (χ3n) is 4.61. The predicted octanol–water partition coefficient (Wildman–Crippen LogP) is 5.11. The Kier molecular flexibility index (Phi) is 3.19. The Balaban J connectivity index is 1.66. The van der Waals surface area contributed by atoms with E-state index in [9.17, 15) is 0 Å². The summed E-state index contributed by atoms with van der Waals surface area (Å²) < 4.78 is 12.5. The van der Waals surface area contributed by atoms with Crippen molar-refractivity contribution >= 4 is 0 Å². The van der Waals surface area contributed by atoms with Crippen molar-refractivity contribution in [3.63, 3.8) is 0 Å². The maximum absolute atomic E-state index is 6.36. The fourth-order valence-electron chi connectivity index (χ4n) is 3.65. The van der Waals surface area contributed by atoms with Crippen molar-refractivity contribution in [1.82, 2.24) is 0 Å². The van der Waals surface area contributed by atoms with Gasteiger partial charge in [-0.2, -0.15) is 0 Å². The molecule has 0 radical (unpaired) electrons. The van der Waals surface area contributed by atoms with E-state index in [4.69, 9.17) is 9.15 Å². The number of hydrogen-bond donors (Lipinski definition) is 0. The summed E-state index contributed by atoms with van der Waals surface area (Å²) in [6, 6.07) is 10.5. The van der Waals surface area contributed by atoms with Crippen LogP contribution in [0.1, 0.15) is 56.4 Å². The molecular formula is C20H24O2. The van der Waals surface area contributed by atoms with Crippen molar-refractivity contribution in [2.75, 3.05) is 0 Å². The molecule has 0 unspecified atom stereocenters. The maximum Gasteiger partial charge on any atom is 0.137 e. The number of benzene rings is 1. The van der Waals surface area contributed by atoms with Gasteiger partial charge < -0.3 is 9.15 Å². The molecule has 2 aliphatic carbocycles. The van der Waals surface area contributed by atoms with Gasteiger partial charge in [-0.1, -0.05) is 30.3 Å². The van der Waals surface area contributed by atoms with Crippen LogP contribution in [-0.4, -0.2) is 11.7 Å². The molecule has 2 atom stereocenters. The fourth-order valence-corrected chi connectivity index (χ4v) is 3.65. The summed E-state index contributed by atoms with van der Waals surface area (Å²) in [6.45, 7) is 6.39.